The number of fused-ring (bicyclic) bond motifs is 1. The van der Waals surface area contributed by atoms with Gasteiger partial charge in [0.15, 0.2) is 0 Å². The number of alkyl halides is 3. The van der Waals surface area contributed by atoms with Crippen LogP contribution in [0.4, 0.5) is 18.9 Å². The summed E-state index contributed by atoms with van der Waals surface area (Å²) in [6.45, 7) is 0. The van der Waals surface area contributed by atoms with Gasteiger partial charge in [-0.25, -0.2) is 4.98 Å². The number of benzene rings is 1. The number of thiol groups is 1. The zero-order valence-electron chi connectivity index (χ0n) is 13.6. The number of hydrogen-bond donors (Lipinski definition) is 3. The van der Waals surface area contributed by atoms with Gasteiger partial charge in [0.1, 0.15) is 5.69 Å². The maximum Gasteiger partial charge on any atom is 0.433 e. The molecule has 1 aromatic heterocycles. The predicted octanol–water partition coefficient (Wildman–Crippen LogP) is 4.63. The van der Waals surface area contributed by atoms with Crippen molar-refractivity contribution in [2.45, 2.75) is 42.8 Å². The van der Waals surface area contributed by atoms with Gasteiger partial charge in [0, 0.05) is 22.1 Å². The van der Waals surface area contributed by atoms with Crippen LogP contribution in [0.25, 0.3) is 10.9 Å². The fourth-order valence-electron chi connectivity index (χ4n) is 3.18. The lowest BCUT2D eigenvalue weighted by molar-refractivity contribution is -0.140. The quantitative estimate of drug-likeness (QED) is 0.396. The molecule has 0 spiro atoms. The number of nitrogens with one attached hydrogen (secondary N) is 2. The Labute approximate surface area is 158 Å². The highest BCUT2D eigenvalue weighted by Gasteiger charge is 2.36. The molecule has 1 aromatic carbocycles. The minimum absolute atomic E-state index is 0.0592. The van der Waals surface area contributed by atoms with Crippen LogP contribution in [0.15, 0.2) is 24.3 Å². The molecule has 0 saturated heterocycles. The number of rotatable bonds is 4. The van der Waals surface area contributed by atoms with E-state index < -0.39 is 16.7 Å². The van der Waals surface area contributed by atoms with Crippen LogP contribution < -0.4 is 10.6 Å². The van der Waals surface area contributed by atoms with Crippen LogP contribution in [0.1, 0.15) is 31.4 Å². The number of hydrogen-bond acceptors (Lipinski definition) is 4. The maximum absolute atomic E-state index is 13.2. The first kappa shape index (κ1) is 19.1. The van der Waals surface area contributed by atoms with E-state index in [1.165, 1.54) is 12.1 Å². The summed E-state index contributed by atoms with van der Waals surface area (Å²) in [5.74, 6) is 0. The van der Waals surface area contributed by atoms with Gasteiger partial charge in [0.05, 0.1) is 10.4 Å². The van der Waals surface area contributed by atoms with Crippen LogP contribution in [0, 0.1) is 0 Å². The molecule has 26 heavy (non-hydrogen) atoms. The largest absolute Gasteiger partial charge is 0.433 e. The summed E-state index contributed by atoms with van der Waals surface area (Å²) in [5.41, 5.74) is -0.468. The van der Waals surface area contributed by atoms with Gasteiger partial charge in [-0.05, 0) is 49.9 Å². The summed E-state index contributed by atoms with van der Waals surface area (Å²) in [6.07, 6.45) is -1.34. The summed E-state index contributed by atoms with van der Waals surface area (Å²) in [4.78, 5) is 13.6. The molecule has 2 aromatic rings. The molecule has 0 bridgehead atoms. The number of aromatic nitrogens is 1. The molecule has 0 radical (unpaired) electrons. The van der Waals surface area contributed by atoms with Crippen molar-refractivity contribution in [2.75, 3.05) is 5.32 Å². The Balaban J connectivity index is 1.95. The Morgan fingerprint density at radius 2 is 1.96 bits per heavy atom. The minimum atomic E-state index is -4.56. The molecule has 140 valence electrons. The molecule has 2 N–H and O–H groups in total. The second-order valence-electron chi connectivity index (χ2n) is 6.43. The smallest absolute Gasteiger partial charge is 0.370 e. The van der Waals surface area contributed by atoms with Crippen molar-refractivity contribution in [3.8, 4) is 0 Å². The molecule has 1 heterocycles. The lowest BCUT2D eigenvalue weighted by Gasteiger charge is -2.38. The highest BCUT2D eigenvalue weighted by atomic mass is 35.5. The number of pyridine rings is 1. The molecule has 0 atom stereocenters. The Bertz CT molecular complexity index is 823. The third-order valence-corrected chi connectivity index (χ3v) is 5.34. The molecule has 1 fully saturated rings. The first-order valence-electron chi connectivity index (χ1n) is 8.08. The Morgan fingerprint density at radius 1 is 1.27 bits per heavy atom. The van der Waals surface area contributed by atoms with Crippen LogP contribution in [0.2, 0.25) is 5.02 Å². The van der Waals surface area contributed by atoms with Crippen LogP contribution in [-0.4, -0.2) is 22.3 Å². The molecule has 3 rings (SSSR count). The second kappa shape index (κ2) is 7.15. The monoisotopic (exact) mass is 403 g/mol. The molecule has 1 saturated carbocycles. The summed E-state index contributed by atoms with van der Waals surface area (Å²) in [6, 6.07) is 5.61. The van der Waals surface area contributed by atoms with Crippen LogP contribution in [0.3, 0.4) is 0 Å². The Kier molecular flexibility index (Phi) is 5.25. The molecule has 1 aliphatic carbocycles. The van der Waals surface area contributed by atoms with Crippen molar-refractivity contribution < 1.29 is 18.0 Å². The van der Waals surface area contributed by atoms with E-state index in [-0.39, 0.29) is 11.6 Å². The summed E-state index contributed by atoms with van der Waals surface area (Å²) < 4.78 is 39.6. The molecule has 4 nitrogen and oxygen atoms in total. The first-order valence-corrected chi connectivity index (χ1v) is 8.90. The fourth-order valence-corrected chi connectivity index (χ4v) is 3.73. The van der Waals surface area contributed by atoms with Crippen molar-refractivity contribution in [3.63, 3.8) is 0 Å². The maximum atomic E-state index is 13.2. The van der Waals surface area contributed by atoms with Crippen molar-refractivity contribution >= 4 is 47.2 Å². The van der Waals surface area contributed by atoms with E-state index in [0.717, 1.165) is 6.07 Å². The topological polar surface area (TPSA) is 54.0 Å². The van der Waals surface area contributed by atoms with Crippen molar-refractivity contribution in [1.82, 2.24) is 10.3 Å². The number of carbonyl (C=O) groups is 1. The molecular weight excluding hydrogens is 387 g/mol. The number of amides is 1. The summed E-state index contributed by atoms with van der Waals surface area (Å²) >= 11 is 10.7. The minimum Gasteiger partial charge on any atom is -0.370 e. The van der Waals surface area contributed by atoms with Crippen molar-refractivity contribution in [3.05, 3.63) is 35.0 Å². The van der Waals surface area contributed by atoms with E-state index in [4.69, 9.17) is 11.6 Å². The van der Waals surface area contributed by atoms with E-state index in [1.54, 1.807) is 6.07 Å². The van der Waals surface area contributed by atoms with E-state index in [9.17, 15) is 18.0 Å². The third-order valence-electron chi connectivity index (χ3n) is 4.55. The number of anilines is 1. The van der Waals surface area contributed by atoms with Gasteiger partial charge in [-0.3, -0.25) is 4.79 Å². The van der Waals surface area contributed by atoms with Gasteiger partial charge >= 0.3 is 6.18 Å². The zero-order valence-corrected chi connectivity index (χ0v) is 15.3. The van der Waals surface area contributed by atoms with E-state index in [1.807, 2.05) is 0 Å². The van der Waals surface area contributed by atoms with Crippen LogP contribution in [0.5, 0.6) is 0 Å². The SMILES string of the molecule is O=CNC1CCC(S)(Nc2cc(C(F)(F)F)nc3ccc(Cl)cc23)CC1. The molecular formula is C17H17ClF3N3OS. The van der Waals surface area contributed by atoms with Crippen molar-refractivity contribution in [1.29, 1.82) is 0 Å². The lowest BCUT2D eigenvalue weighted by Crippen LogP contribution is -2.42. The summed E-state index contributed by atoms with van der Waals surface area (Å²) in [7, 11) is 0. The highest BCUT2D eigenvalue weighted by Crippen LogP contribution is 2.39. The number of carbonyl (C=O) groups excluding carboxylic acids is 1. The first-order chi connectivity index (χ1) is 12.2. The third kappa shape index (κ3) is 4.17. The van der Waals surface area contributed by atoms with E-state index >= 15 is 0 Å². The lowest BCUT2D eigenvalue weighted by atomic mass is 9.90. The van der Waals surface area contributed by atoms with Gasteiger partial charge in [-0.2, -0.15) is 25.8 Å². The van der Waals surface area contributed by atoms with Crippen LogP contribution >= 0.6 is 24.2 Å². The van der Waals surface area contributed by atoms with Gasteiger partial charge in [0.2, 0.25) is 6.41 Å². The van der Waals surface area contributed by atoms with Crippen LogP contribution in [-0.2, 0) is 11.0 Å². The molecule has 0 unspecified atom stereocenters. The van der Waals surface area contributed by atoms with E-state index in [2.05, 4.69) is 28.2 Å². The van der Waals surface area contributed by atoms with Crippen molar-refractivity contribution in [2.24, 2.45) is 0 Å². The average molecular weight is 404 g/mol. The fraction of sp³-hybridized carbons (Fsp3) is 0.412. The zero-order chi connectivity index (χ0) is 18.9. The Morgan fingerprint density at radius 3 is 2.58 bits per heavy atom. The molecule has 9 heteroatoms. The normalized spacial score (nSPS) is 23.7. The molecule has 0 aliphatic heterocycles. The second-order valence-corrected chi connectivity index (χ2v) is 7.72. The average Bonchev–Trinajstić information content (AvgIpc) is 2.57. The predicted molar refractivity (Wildman–Crippen MR) is 98.6 cm³/mol. The summed E-state index contributed by atoms with van der Waals surface area (Å²) in [5, 5.41) is 6.80. The molecule has 1 aliphatic rings. The number of nitrogens with zero attached hydrogens (tertiary/aromatic N) is 1. The highest BCUT2D eigenvalue weighted by molar-refractivity contribution is 7.82. The van der Waals surface area contributed by atoms with Gasteiger partial charge < -0.3 is 10.6 Å². The number of halogens is 4. The van der Waals surface area contributed by atoms with E-state index in [0.29, 0.717) is 48.2 Å². The standard InChI is InChI=1S/C17H17ClF3N3OS/c18-10-1-2-13-12(7-10)14(8-15(23-13)17(19,20)21)24-16(26)5-3-11(4-6-16)22-9-25/h1-2,7-9,11,26H,3-6H2,(H,22,25)(H,23,24). The Hall–Kier alpha value is -1.67. The molecule has 1 amide bonds. The van der Waals surface area contributed by atoms with Gasteiger partial charge in [0.25, 0.3) is 0 Å². The van der Waals surface area contributed by atoms with Gasteiger partial charge in [-0.15, -0.1) is 0 Å². The van der Waals surface area contributed by atoms with Gasteiger partial charge in [-0.1, -0.05) is 11.6 Å².